The molecule has 1 aliphatic heterocycles. The highest BCUT2D eigenvalue weighted by molar-refractivity contribution is 6.23. The van der Waals surface area contributed by atoms with Crippen molar-refractivity contribution in [2.45, 2.75) is 6.42 Å². The van der Waals surface area contributed by atoms with E-state index in [0.717, 1.165) is 6.07 Å². The molecule has 2 heterocycles. The molecule has 0 atom stereocenters. The monoisotopic (exact) mass is 403 g/mol. The first-order valence-corrected chi connectivity index (χ1v) is 9.03. The number of hydrogen-bond donors (Lipinski definition) is 2. The Balaban J connectivity index is 0.00000117. The minimum absolute atomic E-state index is 0.0680. The Kier molecular flexibility index (Phi) is 6.03. The average Bonchev–Trinajstić information content (AvgIpc) is 3.04. The Morgan fingerprint density at radius 2 is 1.79 bits per heavy atom. The van der Waals surface area contributed by atoms with Gasteiger partial charge in [-0.3, -0.25) is 9.59 Å². The fraction of sp³-hybridized carbons (Fsp3) is 0.238. The van der Waals surface area contributed by atoms with Gasteiger partial charge >= 0.3 is 0 Å². The first kappa shape index (κ1) is 20.6. The van der Waals surface area contributed by atoms with E-state index in [-0.39, 0.29) is 17.7 Å². The molecular formula is C21H20F3N3O2. The largest absolute Gasteiger partial charge is 0.352 e. The lowest BCUT2D eigenvalue weighted by molar-refractivity contribution is -0.143. The minimum atomic E-state index is -0.703. The molecule has 152 valence electrons. The van der Waals surface area contributed by atoms with Crippen molar-refractivity contribution >= 4 is 23.1 Å². The summed E-state index contributed by atoms with van der Waals surface area (Å²) in [5.74, 6) is -2.28. The Morgan fingerprint density at radius 3 is 2.41 bits per heavy atom. The number of nitrogens with zero attached hydrogens (tertiary/aromatic N) is 1. The van der Waals surface area contributed by atoms with E-state index in [1.165, 1.54) is 30.1 Å². The van der Waals surface area contributed by atoms with Gasteiger partial charge in [-0.25, -0.2) is 13.2 Å². The van der Waals surface area contributed by atoms with Gasteiger partial charge in [0.2, 0.25) is 6.29 Å². The molecule has 3 aromatic rings. The van der Waals surface area contributed by atoms with Crippen LogP contribution in [0.25, 0.3) is 22.2 Å². The first-order chi connectivity index (χ1) is 14.0. The van der Waals surface area contributed by atoms with E-state index in [9.17, 15) is 22.8 Å². The highest BCUT2D eigenvalue weighted by Crippen LogP contribution is 2.35. The van der Waals surface area contributed by atoms with Gasteiger partial charge in [-0.1, -0.05) is 0 Å². The third kappa shape index (κ3) is 4.02. The normalized spacial score (nSPS) is 13.6. The predicted octanol–water partition coefficient (Wildman–Crippen LogP) is 3.03. The number of aromatic amines is 1. The maximum Gasteiger partial charge on any atom is 0.286 e. The van der Waals surface area contributed by atoms with Crippen LogP contribution in [-0.2, 0) is 16.0 Å². The van der Waals surface area contributed by atoms with Gasteiger partial charge in [0, 0.05) is 30.2 Å². The van der Waals surface area contributed by atoms with E-state index in [1.54, 1.807) is 12.1 Å². The number of nitrogens with two attached hydrogens (primary N) is 1. The summed E-state index contributed by atoms with van der Waals surface area (Å²) in [4.78, 5) is 26.4. The molecule has 1 aromatic heterocycles. The maximum atomic E-state index is 14.2. The summed E-state index contributed by atoms with van der Waals surface area (Å²) in [5.41, 5.74) is 6.64. The molecule has 5 nitrogen and oxygen atoms in total. The molecule has 0 radical (unpaired) electrons. The van der Waals surface area contributed by atoms with Gasteiger partial charge in [0.1, 0.15) is 17.5 Å². The molecule has 1 fully saturated rings. The predicted molar refractivity (Wildman–Crippen MR) is 104 cm³/mol. The molecule has 29 heavy (non-hydrogen) atoms. The Morgan fingerprint density at radius 1 is 1.14 bits per heavy atom. The van der Waals surface area contributed by atoms with Gasteiger partial charge in [-0.05, 0) is 60.8 Å². The number of fused-ring (bicyclic) bond motifs is 1. The number of nitrogens with one attached hydrogen (secondary N) is 1. The molecule has 3 N–H and O–H groups in total. The number of amides is 1. The number of aromatic nitrogens is 1. The van der Waals surface area contributed by atoms with E-state index < -0.39 is 23.4 Å². The third-order valence-corrected chi connectivity index (χ3v) is 4.93. The van der Waals surface area contributed by atoms with Crippen LogP contribution < -0.4 is 5.73 Å². The number of rotatable bonds is 4. The van der Waals surface area contributed by atoms with Gasteiger partial charge in [0.05, 0.1) is 5.52 Å². The molecule has 1 aliphatic rings. The number of aldehydes is 1. The van der Waals surface area contributed by atoms with Crippen molar-refractivity contribution in [1.82, 2.24) is 9.88 Å². The van der Waals surface area contributed by atoms with E-state index in [1.807, 2.05) is 0 Å². The van der Waals surface area contributed by atoms with E-state index in [4.69, 9.17) is 0 Å². The van der Waals surface area contributed by atoms with Crippen LogP contribution in [0.15, 0.2) is 36.4 Å². The molecule has 0 unspecified atom stereocenters. The average molecular weight is 403 g/mol. The summed E-state index contributed by atoms with van der Waals surface area (Å²) in [6.07, 6.45) is 0.745. The Labute approximate surface area is 165 Å². The topological polar surface area (TPSA) is 79.2 Å². The number of likely N-dealkylation sites (tertiary alicyclic amines) is 1. The van der Waals surface area contributed by atoms with Crippen molar-refractivity contribution in [3.63, 3.8) is 0 Å². The Bertz CT molecular complexity index is 1040. The summed E-state index contributed by atoms with van der Waals surface area (Å²) in [6, 6.07) is 7.82. The summed E-state index contributed by atoms with van der Waals surface area (Å²) in [5, 5.41) is 0.423. The van der Waals surface area contributed by atoms with Crippen molar-refractivity contribution in [3.05, 3.63) is 59.4 Å². The molecular weight excluding hydrogens is 383 g/mol. The van der Waals surface area contributed by atoms with E-state index in [0.29, 0.717) is 41.7 Å². The van der Waals surface area contributed by atoms with Crippen molar-refractivity contribution in [1.29, 1.82) is 0 Å². The lowest BCUT2D eigenvalue weighted by Gasteiger charge is -2.38. The third-order valence-electron chi connectivity index (χ3n) is 4.93. The van der Waals surface area contributed by atoms with Crippen molar-refractivity contribution < 1.29 is 22.8 Å². The highest BCUT2D eigenvalue weighted by atomic mass is 19.1. The second-order valence-electron chi connectivity index (χ2n) is 6.73. The standard InChI is InChI=1S/C20H15F3N2O2.CH5N/c21-13-3-1-12(2-4-13)19-15(5-11-8-25(9-11)18(27)10-26)16-6-14(22)7-17(23)20(16)24-19;1-2/h1-4,6-7,10-11,24H,5,8-9H2;2H2,1H3. The van der Waals surface area contributed by atoms with Crippen molar-refractivity contribution in [2.24, 2.45) is 11.7 Å². The van der Waals surface area contributed by atoms with Crippen LogP contribution in [0, 0.1) is 23.4 Å². The van der Waals surface area contributed by atoms with Gasteiger partial charge < -0.3 is 15.6 Å². The van der Waals surface area contributed by atoms with E-state index in [2.05, 4.69) is 10.7 Å². The molecule has 1 amide bonds. The van der Waals surface area contributed by atoms with Crippen LogP contribution in [0.4, 0.5) is 13.2 Å². The number of benzene rings is 2. The summed E-state index contributed by atoms with van der Waals surface area (Å²) in [7, 11) is 1.50. The fourth-order valence-corrected chi connectivity index (χ4v) is 3.59. The van der Waals surface area contributed by atoms with Gasteiger partial charge in [0.25, 0.3) is 5.91 Å². The van der Waals surface area contributed by atoms with Crippen molar-refractivity contribution in [3.8, 4) is 11.3 Å². The van der Waals surface area contributed by atoms with Gasteiger partial charge in [-0.15, -0.1) is 0 Å². The van der Waals surface area contributed by atoms with Crippen LogP contribution in [0.1, 0.15) is 5.56 Å². The SMILES string of the molecule is CN.O=CC(=O)N1CC(Cc2c(-c3ccc(F)cc3)[nH]c3c(F)cc(F)cc23)C1. The maximum absolute atomic E-state index is 14.2. The van der Waals surface area contributed by atoms with Crippen molar-refractivity contribution in [2.75, 3.05) is 20.1 Å². The number of H-pyrrole nitrogens is 1. The van der Waals surface area contributed by atoms with Crippen LogP contribution in [0.3, 0.4) is 0 Å². The molecule has 4 rings (SSSR count). The smallest absolute Gasteiger partial charge is 0.286 e. The zero-order chi connectivity index (χ0) is 21.1. The number of hydrogen-bond acceptors (Lipinski definition) is 3. The molecule has 0 aliphatic carbocycles. The zero-order valence-electron chi connectivity index (χ0n) is 15.7. The molecule has 0 saturated carbocycles. The van der Waals surface area contributed by atoms with Crippen LogP contribution in [-0.4, -0.2) is 42.2 Å². The van der Waals surface area contributed by atoms with E-state index >= 15 is 0 Å². The molecule has 1 saturated heterocycles. The summed E-state index contributed by atoms with van der Waals surface area (Å²) in [6.45, 7) is 0.815. The lowest BCUT2D eigenvalue weighted by Crippen LogP contribution is -2.51. The summed E-state index contributed by atoms with van der Waals surface area (Å²) < 4.78 is 41.3. The van der Waals surface area contributed by atoms with Crippen LogP contribution in [0.2, 0.25) is 0 Å². The number of carbonyl (C=O) groups is 2. The number of carbonyl (C=O) groups excluding carboxylic acids is 2. The fourth-order valence-electron chi connectivity index (χ4n) is 3.59. The molecule has 8 heteroatoms. The lowest BCUT2D eigenvalue weighted by atomic mass is 9.89. The Hall–Kier alpha value is -3.13. The molecule has 0 bridgehead atoms. The number of halogens is 3. The second-order valence-corrected chi connectivity index (χ2v) is 6.73. The highest BCUT2D eigenvalue weighted by Gasteiger charge is 2.32. The molecule has 0 spiro atoms. The molecule has 2 aromatic carbocycles. The van der Waals surface area contributed by atoms with Crippen LogP contribution >= 0.6 is 0 Å². The first-order valence-electron chi connectivity index (χ1n) is 9.03. The van der Waals surface area contributed by atoms with Gasteiger partial charge in [-0.2, -0.15) is 0 Å². The quantitative estimate of drug-likeness (QED) is 0.519. The van der Waals surface area contributed by atoms with Gasteiger partial charge in [0.15, 0.2) is 0 Å². The van der Waals surface area contributed by atoms with Crippen LogP contribution in [0.5, 0.6) is 0 Å². The second kappa shape index (κ2) is 8.48. The summed E-state index contributed by atoms with van der Waals surface area (Å²) >= 11 is 0. The minimum Gasteiger partial charge on any atom is -0.352 e. The zero-order valence-corrected chi connectivity index (χ0v) is 15.7.